The summed E-state index contributed by atoms with van der Waals surface area (Å²) in [6.45, 7) is 4.04. The van der Waals surface area contributed by atoms with Crippen molar-refractivity contribution < 1.29 is 4.74 Å². The van der Waals surface area contributed by atoms with Gasteiger partial charge in [-0.05, 0) is 37.5 Å². The van der Waals surface area contributed by atoms with E-state index in [-0.39, 0.29) is 18.4 Å². The molecule has 0 saturated carbocycles. The van der Waals surface area contributed by atoms with E-state index >= 15 is 0 Å². The number of aryl methyl sites for hydroxylation is 1. The molecular formula is C11H18ClNO. The van der Waals surface area contributed by atoms with Gasteiger partial charge in [0.15, 0.2) is 0 Å². The first kappa shape index (κ1) is 13.3. The van der Waals surface area contributed by atoms with Crippen LogP contribution in [0.4, 0.5) is 0 Å². The highest BCUT2D eigenvalue weighted by molar-refractivity contribution is 5.85. The number of ether oxygens (including phenoxy) is 1. The molecule has 3 heteroatoms. The molecule has 14 heavy (non-hydrogen) atoms. The Balaban J connectivity index is 0.00000169. The molecule has 1 rings (SSSR count). The van der Waals surface area contributed by atoms with E-state index in [9.17, 15) is 0 Å². The van der Waals surface area contributed by atoms with Crippen LogP contribution in [-0.2, 0) is 6.42 Å². The Labute approximate surface area is 91.9 Å². The number of hydrogen-bond donors (Lipinski definition) is 1. The van der Waals surface area contributed by atoms with Crippen LogP contribution in [0.15, 0.2) is 18.2 Å². The molecular weight excluding hydrogens is 198 g/mol. The standard InChI is InChI=1S/C11H17NO.ClH/c1-8-4-5-10(6-9(2)12)7-11(8)13-3;/h4-5,7,9H,6,12H2,1-3H3;1H. The van der Waals surface area contributed by atoms with Crippen LogP contribution in [0.25, 0.3) is 0 Å². The summed E-state index contributed by atoms with van der Waals surface area (Å²) < 4.78 is 5.23. The van der Waals surface area contributed by atoms with Crippen molar-refractivity contribution in [3.05, 3.63) is 29.3 Å². The van der Waals surface area contributed by atoms with E-state index in [4.69, 9.17) is 10.5 Å². The predicted molar refractivity (Wildman–Crippen MR) is 62.3 cm³/mol. The first-order valence-corrected chi connectivity index (χ1v) is 4.52. The molecule has 0 radical (unpaired) electrons. The van der Waals surface area contributed by atoms with Crippen molar-refractivity contribution in [1.29, 1.82) is 0 Å². The average Bonchev–Trinajstić information content (AvgIpc) is 2.07. The fraction of sp³-hybridized carbons (Fsp3) is 0.455. The Morgan fingerprint density at radius 1 is 1.43 bits per heavy atom. The Morgan fingerprint density at radius 2 is 2.07 bits per heavy atom. The minimum atomic E-state index is 0. The predicted octanol–water partition coefficient (Wildman–Crippen LogP) is 2.32. The normalized spacial score (nSPS) is 11.7. The van der Waals surface area contributed by atoms with Gasteiger partial charge in [0.25, 0.3) is 0 Å². The van der Waals surface area contributed by atoms with Crippen LogP contribution in [0.3, 0.4) is 0 Å². The first-order chi connectivity index (χ1) is 6.13. The lowest BCUT2D eigenvalue weighted by molar-refractivity contribution is 0.411. The molecule has 0 fully saturated rings. The zero-order chi connectivity index (χ0) is 9.84. The minimum absolute atomic E-state index is 0. The summed E-state index contributed by atoms with van der Waals surface area (Å²) in [6, 6.07) is 6.42. The summed E-state index contributed by atoms with van der Waals surface area (Å²) in [5.41, 5.74) is 8.11. The maximum Gasteiger partial charge on any atom is 0.122 e. The smallest absolute Gasteiger partial charge is 0.122 e. The minimum Gasteiger partial charge on any atom is -0.496 e. The van der Waals surface area contributed by atoms with Crippen molar-refractivity contribution in [2.24, 2.45) is 5.73 Å². The van der Waals surface area contributed by atoms with Crippen LogP contribution in [-0.4, -0.2) is 13.2 Å². The fourth-order valence-electron chi connectivity index (χ4n) is 1.36. The lowest BCUT2D eigenvalue weighted by atomic mass is 10.1. The second kappa shape index (κ2) is 5.89. The zero-order valence-electron chi connectivity index (χ0n) is 8.91. The third kappa shape index (κ3) is 3.56. The van der Waals surface area contributed by atoms with Crippen LogP contribution in [0, 0.1) is 6.92 Å². The summed E-state index contributed by atoms with van der Waals surface area (Å²) in [5.74, 6) is 0.943. The topological polar surface area (TPSA) is 35.2 Å². The van der Waals surface area contributed by atoms with Crippen LogP contribution in [0.1, 0.15) is 18.1 Å². The van der Waals surface area contributed by atoms with Gasteiger partial charge < -0.3 is 10.5 Å². The van der Waals surface area contributed by atoms with E-state index in [0.29, 0.717) is 0 Å². The number of hydrogen-bond acceptors (Lipinski definition) is 2. The molecule has 80 valence electrons. The highest BCUT2D eigenvalue weighted by Crippen LogP contribution is 2.19. The number of nitrogens with two attached hydrogens (primary N) is 1. The molecule has 0 aromatic heterocycles. The lowest BCUT2D eigenvalue weighted by Crippen LogP contribution is -2.17. The van der Waals surface area contributed by atoms with Crippen molar-refractivity contribution in [2.45, 2.75) is 26.3 Å². The summed E-state index contributed by atoms with van der Waals surface area (Å²) in [5, 5.41) is 0. The van der Waals surface area contributed by atoms with Gasteiger partial charge in [-0.15, -0.1) is 12.4 Å². The van der Waals surface area contributed by atoms with Gasteiger partial charge in [0, 0.05) is 6.04 Å². The zero-order valence-corrected chi connectivity index (χ0v) is 9.73. The Morgan fingerprint density at radius 3 is 2.57 bits per heavy atom. The molecule has 1 atom stereocenters. The molecule has 0 heterocycles. The van der Waals surface area contributed by atoms with Crippen molar-refractivity contribution in [2.75, 3.05) is 7.11 Å². The van der Waals surface area contributed by atoms with E-state index in [2.05, 4.69) is 18.2 Å². The Kier molecular flexibility index (Phi) is 5.58. The van der Waals surface area contributed by atoms with Gasteiger partial charge in [-0.1, -0.05) is 12.1 Å². The van der Waals surface area contributed by atoms with Crippen LogP contribution in [0.2, 0.25) is 0 Å². The molecule has 0 saturated heterocycles. The molecule has 0 bridgehead atoms. The number of rotatable bonds is 3. The van der Waals surface area contributed by atoms with Crippen molar-refractivity contribution in [3.8, 4) is 5.75 Å². The SMILES string of the molecule is COc1cc(CC(C)N)ccc1C.Cl. The second-order valence-electron chi connectivity index (χ2n) is 3.49. The fourth-order valence-corrected chi connectivity index (χ4v) is 1.36. The maximum atomic E-state index is 5.71. The van der Waals surface area contributed by atoms with E-state index in [0.717, 1.165) is 17.7 Å². The Hall–Kier alpha value is -0.730. The van der Waals surface area contributed by atoms with Crippen LogP contribution < -0.4 is 10.5 Å². The highest BCUT2D eigenvalue weighted by Gasteiger charge is 2.02. The van der Waals surface area contributed by atoms with Crippen molar-refractivity contribution in [3.63, 3.8) is 0 Å². The van der Waals surface area contributed by atoms with Gasteiger partial charge >= 0.3 is 0 Å². The van der Waals surface area contributed by atoms with Gasteiger partial charge in [0.05, 0.1) is 7.11 Å². The van der Waals surface area contributed by atoms with Gasteiger partial charge in [0.2, 0.25) is 0 Å². The molecule has 1 aromatic carbocycles. The average molecular weight is 216 g/mol. The molecule has 0 amide bonds. The summed E-state index contributed by atoms with van der Waals surface area (Å²) >= 11 is 0. The second-order valence-corrected chi connectivity index (χ2v) is 3.49. The first-order valence-electron chi connectivity index (χ1n) is 4.52. The number of halogens is 1. The van der Waals surface area contributed by atoms with Gasteiger partial charge in [0.1, 0.15) is 5.75 Å². The molecule has 2 N–H and O–H groups in total. The molecule has 0 aliphatic rings. The largest absolute Gasteiger partial charge is 0.496 e. The third-order valence-corrected chi connectivity index (χ3v) is 2.03. The third-order valence-electron chi connectivity index (χ3n) is 2.03. The molecule has 0 spiro atoms. The summed E-state index contributed by atoms with van der Waals surface area (Å²) in [4.78, 5) is 0. The van der Waals surface area contributed by atoms with Crippen LogP contribution >= 0.6 is 12.4 Å². The van der Waals surface area contributed by atoms with Crippen LogP contribution in [0.5, 0.6) is 5.75 Å². The Bertz CT molecular complexity index is 287. The molecule has 1 unspecified atom stereocenters. The summed E-state index contributed by atoms with van der Waals surface area (Å²) in [7, 11) is 1.69. The van der Waals surface area contributed by atoms with E-state index in [1.165, 1.54) is 5.56 Å². The monoisotopic (exact) mass is 215 g/mol. The number of benzene rings is 1. The van der Waals surface area contributed by atoms with Crippen molar-refractivity contribution >= 4 is 12.4 Å². The van der Waals surface area contributed by atoms with E-state index < -0.39 is 0 Å². The molecule has 0 aliphatic heterocycles. The van der Waals surface area contributed by atoms with E-state index in [1.54, 1.807) is 7.11 Å². The van der Waals surface area contributed by atoms with Gasteiger partial charge in [-0.25, -0.2) is 0 Å². The van der Waals surface area contributed by atoms with E-state index in [1.807, 2.05) is 13.8 Å². The molecule has 1 aromatic rings. The summed E-state index contributed by atoms with van der Waals surface area (Å²) in [6.07, 6.45) is 0.899. The lowest BCUT2D eigenvalue weighted by Gasteiger charge is -2.09. The molecule has 2 nitrogen and oxygen atoms in total. The highest BCUT2D eigenvalue weighted by atomic mass is 35.5. The maximum absolute atomic E-state index is 5.71. The van der Waals surface area contributed by atoms with Crippen molar-refractivity contribution in [1.82, 2.24) is 0 Å². The quantitative estimate of drug-likeness (QED) is 0.840. The van der Waals surface area contributed by atoms with Gasteiger partial charge in [-0.3, -0.25) is 0 Å². The van der Waals surface area contributed by atoms with Gasteiger partial charge in [-0.2, -0.15) is 0 Å². The molecule has 0 aliphatic carbocycles. The number of methoxy groups -OCH3 is 1.